The highest BCUT2D eigenvalue weighted by atomic mass is 127. The van der Waals surface area contributed by atoms with E-state index in [4.69, 9.17) is 5.73 Å². The molecule has 10 heteroatoms. The van der Waals surface area contributed by atoms with Crippen molar-refractivity contribution in [3.63, 3.8) is 0 Å². The molecule has 0 aliphatic heterocycles. The van der Waals surface area contributed by atoms with E-state index < -0.39 is 6.36 Å². The van der Waals surface area contributed by atoms with Crippen molar-refractivity contribution in [1.29, 1.82) is 0 Å². The van der Waals surface area contributed by atoms with Crippen molar-refractivity contribution in [2.45, 2.75) is 32.5 Å². The number of nitrogens with two attached hydrogens (primary N) is 1. The van der Waals surface area contributed by atoms with Gasteiger partial charge in [0, 0.05) is 17.6 Å². The van der Waals surface area contributed by atoms with Crippen molar-refractivity contribution in [3.8, 4) is 5.75 Å². The van der Waals surface area contributed by atoms with Gasteiger partial charge in [-0.05, 0) is 38.3 Å². The highest BCUT2D eigenvalue weighted by molar-refractivity contribution is 14.0. The normalized spacial score (nSPS) is 11.8. The van der Waals surface area contributed by atoms with E-state index in [1.54, 1.807) is 17.4 Å². The largest absolute Gasteiger partial charge is 0.573 e. The van der Waals surface area contributed by atoms with Crippen LogP contribution in [0.15, 0.2) is 34.6 Å². The van der Waals surface area contributed by atoms with Crippen molar-refractivity contribution < 1.29 is 17.9 Å². The van der Waals surface area contributed by atoms with Crippen molar-refractivity contribution in [3.05, 3.63) is 40.3 Å². The van der Waals surface area contributed by atoms with Gasteiger partial charge in [0.05, 0.1) is 10.7 Å². The standard InChI is InChI=1S/C16H19F3N4OS.HI/c1-11-10-25-14(22-11)8-4-5-9-21-15(20)23-12-6-2-3-7-13(12)24-16(17,18)19;/h2-3,6-7,10H,4-5,8-9H2,1H3,(H3,20,21,23);1H. The molecular weight excluding hydrogens is 480 g/mol. The van der Waals surface area contributed by atoms with E-state index in [1.165, 1.54) is 18.2 Å². The van der Waals surface area contributed by atoms with E-state index >= 15 is 0 Å². The number of alkyl halides is 3. The molecule has 0 atom stereocenters. The number of anilines is 1. The third kappa shape index (κ3) is 8.21. The zero-order valence-corrected chi connectivity index (χ0v) is 17.2. The third-order valence-electron chi connectivity index (χ3n) is 3.12. The number of unbranched alkanes of at least 4 members (excludes halogenated alkanes) is 1. The molecule has 1 aromatic carbocycles. The Labute approximate surface area is 170 Å². The number of guanidine groups is 1. The number of para-hydroxylation sites is 2. The zero-order valence-electron chi connectivity index (χ0n) is 14.0. The van der Waals surface area contributed by atoms with Gasteiger partial charge in [0.1, 0.15) is 0 Å². The lowest BCUT2D eigenvalue weighted by atomic mass is 10.2. The maximum Gasteiger partial charge on any atom is 0.573 e. The van der Waals surface area contributed by atoms with E-state index in [1.807, 2.05) is 12.3 Å². The number of nitrogens with zero attached hydrogens (tertiary/aromatic N) is 2. The molecule has 0 fully saturated rings. The van der Waals surface area contributed by atoms with Gasteiger partial charge in [-0.25, -0.2) is 4.98 Å². The first-order valence-corrected chi connectivity index (χ1v) is 8.54. The topological polar surface area (TPSA) is 72.5 Å². The lowest BCUT2D eigenvalue weighted by molar-refractivity contribution is -0.274. The van der Waals surface area contributed by atoms with Crippen LogP contribution in [0.3, 0.4) is 0 Å². The van der Waals surface area contributed by atoms with Crippen LogP contribution >= 0.6 is 35.3 Å². The fourth-order valence-corrected chi connectivity index (χ4v) is 2.88. The average Bonchev–Trinajstić information content (AvgIpc) is 2.93. The summed E-state index contributed by atoms with van der Waals surface area (Å²) in [6.07, 6.45) is -2.17. The predicted molar refractivity (Wildman–Crippen MR) is 108 cm³/mol. The first-order valence-electron chi connectivity index (χ1n) is 7.66. The summed E-state index contributed by atoms with van der Waals surface area (Å²) in [5, 5.41) is 5.74. The van der Waals surface area contributed by atoms with Crippen LogP contribution in [0.5, 0.6) is 5.75 Å². The quantitative estimate of drug-likeness (QED) is 0.250. The van der Waals surface area contributed by atoms with E-state index in [-0.39, 0.29) is 41.4 Å². The van der Waals surface area contributed by atoms with E-state index in [0.717, 1.165) is 30.0 Å². The number of halogens is 4. The van der Waals surface area contributed by atoms with Crippen LogP contribution in [-0.2, 0) is 6.42 Å². The lowest BCUT2D eigenvalue weighted by Gasteiger charge is -2.14. The number of nitrogens with one attached hydrogen (secondary N) is 1. The zero-order chi connectivity index (χ0) is 18.3. The molecule has 0 aliphatic rings. The Hall–Kier alpha value is -1.56. The van der Waals surface area contributed by atoms with Gasteiger partial charge in [0.25, 0.3) is 0 Å². The van der Waals surface area contributed by atoms with Crippen molar-refractivity contribution >= 4 is 47.0 Å². The summed E-state index contributed by atoms with van der Waals surface area (Å²) in [4.78, 5) is 8.50. The van der Waals surface area contributed by atoms with Crippen LogP contribution in [0, 0.1) is 6.92 Å². The molecule has 3 N–H and O–H groups in total. The van der Waals surface area contributed by atoms with Crippen LogP contribution < -0.4 is 15.8 Å². The second kappa shape index (κ2) is 10.6. The number of thiazole rings is 1. The summed E-state index contributed by atoms with van der Waals surface area (Å²) in [6.45, 7) is 2.43. The Morgan fingerprint density at radius 2 is 2.04 bits per heavy atom. The van der Waals surface area contributed by atoms with Gasteiger partial charge < -0.3 is 15.8 Å². The van der Waals surface area contributed by atoms with E-state index in [9.17, 15) is 13.2 Å². The number of aliphatic imine (C=N–C) groups is 1. The highest BCUT2D eigenvalue weighted by Crippen LogP contribution is 2.29. The number of ether oxygens (including phenoxy) is 1. The molecule has 0 unspecified atom stereocenters. The molecule has 5 nitrogen and oxygen atoms in total. The van der Waals surface area contributed by atoms with Gasteiger partial charge in [-0.3, -0.25) is 4.99 Å². The first kappa shape index (κ1) is 22.5. The Morgan fingerprint density at radius 3 is 2.69 bits per heavy atom. The minimum absolute atomic E-state index is 0. The fraction of sp³-hybridized carbons (Fsp3) is 0.375. The summed E-state index contributed by atoms with van der Waals surface area (Å²) in [6, 6.07) is 5.67. The molecule has 0 spiro atoms. The first-order chi connectivity index (χ1) is 11.8. The van der Waals surface area contributed by atoms with Gasteiger partial charge in [-0.2, -0.15) is 0 Å². The SMILES string of the molecule is Cc1csc(CCCCN=C(N)Nc2ccccc2OC(F)(F)F)n1.I. The van der Waals surface area contributed by atoms with Crippen molar-refractivity contribution in [1.82, 2.24) is 4.98 Å². The Morgan fingerprint density at radius 1 is 1.31 bits per heavy atom. The molecule has 144 valence electrons. The van der Waals surface area contributed by atoms with Crippen LogP contribution in [0.4, 0.5) is 18.9 Å². The third-order valence-corrected chi connectivity index (χ3v) is 4.15. The van der Waals surface area contributed by atoms with Gasteiger partial charge in [-0.15, -0.1) is 48.5 Å². The molecule has 1 heterocycles. The van der Waals surface area contributed by atoms with Gasteiger partial charge in [0.2, 0.25) is 0 Å². The Kier molecular flexibility index (Phi) is 9.13. The molecule has 0 amide bonds. The summed E-state index contributed by atoms with van der Waals surface area (Å²) < 4.78 is 41.1. The van der Waals surface area contributed by atoms with Crippen LogP contribution in [0.1, 0.15) is 23.5 Å². The summed E-state index contributed by atoms with van der Waals surface area (Å²) in [5.74, 6) is -0.310. The molecule has 26 heavy (non-hydrogen) atoms. The number of aryl methyl sites for hydroxylation is 2. The number of benzene rings is 1. The highest BCUT2D eigenvalue weighted by Gasteiger charge is 2.32. The molecule has 2 aromatic rings. The minimum atomic E-state index is -4.77. The molecule has 2 rings (SSSR count). The molecule has 0 bridgehead atoms. The molecule has 0 saturated heterocycles. The second-order valence-electron chi connectivity index (χ2n) is 5.28. The van der Waals surface area contributed by atoms with E-state index in [0.29, 0.717) is 6.54 Å². The van der Waals surface area contributed by atoms with Gasteiger partial charge in [0.15, 0.2) is 11.7 Å². The van der Waals surface area contributed by atoms with Crippen LogP contribution in [-0.4, -0.2) is 23.9 Å². The lowest BCUT2D eigenvalue weighted by Crippen LogP contribution is -2.24. The van der Waals surface area contributed by atoms with E-state index in [2.05, 4.69) is 20.0 Å². The maximum atomic E-state index is 12.4. The summed E-state index contributed by atoms with van der Waals surface area (Å²) in [5.41, 5.74) is 6.86. The molecule has 0 saturated carbocycles. The number of hydrogen-bond donors (Lipinski definition) is 2. The van der Waals surface area contributed by atoms with Crippen LogP contribution in [0.2, 0.25) is 0 Å². The predicted octanol–water partition coefficient (Wildman–Crippen LogP) is 4.72. The number of rotatable bonds is 7. The molecule has 0 aliphatic carbocycles. The smallest absolute Gasteiger partial charge is 0.404 e. The summed E-state index contributed by atoms with van der Waals surface area (Å²) in [7, 11) is 0. The van der Waals surface area contributed by atoms with Gasteiger partial charge in [-0.1, -0.05) is 12.1 Å². The number of hydrogen-bond acceptors (Lipinski definition) is 4. The molecular formula is C16H20F3IN4OS. The maximum absolute atomic E-state index is 12.4. The Balaban J connectivity index is 0.00000338. The van der Waals surface area contributed by atoms with Crippen molar-refractivity contribution in [2.24, 2.45) is 10.7 Å². The molecule has 0 radical (unpaired) electrons. The average molecular weight is 500 g/mol. The van der Waals surface area contributed by atoms with Crippen molar-refractivity contribution in [2.75, 3.05) is 11.9 Å². The second-order valence-corrected chi connectivity index (χ2v) is 6.22. The minimum Gasteiger partial charge on any atom is -0.404 e. The fourth-order valence-electron chi connectivity index (χ4n) is 2.07. The van der Waals surface area contributed by atoms with Gasteiger partial charge >= 0.3 is 6.36 Å². The summed E-state index contributed by atoms with van der Waals surface area (Å²) >= 11 is 1.63. The Bertz CT molecular complexity index is 722. The monoisotopic (exact) mass is 500 g/mol. The number of aromatic nitrogens is 1. The molecule has 1 aromatic heterocycles. The van der Waals surface area contributed by atoms with Crippen LogP contribution in [0.25, 0.3) is 0 Å².